The van der Waals surface area contributed by atoms with Crippen molar-refractivity contribution in [2.75, 3.05) is 0 Å². The van der Waals surface area contributed by atoms with Crippen LogP contribution in [0.4, 0.5) is 23.2 Å². The fraction of sp³-hybridized carbons (Fsp3) is 0.222. The van der Waals surface area contributed by atoms with Crippen molar-refractivity contribution in [2.45, 2.75) is 12.7 Å². The van der Waals surface area contributed by atoms with E-state index in [-0.39, 0.29) is 9.50 Å². The molecule has 0 atom stereocenters. The van der Waals surface area contributed by atoms with Crippen LogP contribution < -0.4 is 5.32 Å². The molecule has 0 saturated carbocycles. The third-order valence-electron chi connectivity index (χ3n) is 2.11. The van der Waals surface area contributed by atoms with E-state index < -0.39 is 40.6 Å². The molecule has 1 aromatic carbocycles. The molecular formula is C9H4BrClF4N2O3. The van der Waals surface area contributed by atoms with Crippen molar-refractivity contribution in [2.24, 2.45) is 0 Å². The summed E-state index contributed by atoms with van der Waals surface area (Å²) < 4.78 is 49.6. The number of hydrogen-bond donors (Lipinski definition) is 1. The minimum atomic E-state index is -5.15. The first-order chi connectivity index (χ1) is 9.05. The van der Waals surface area contributed by atoms with Gasteiger partial charge in [-0.05, 0) is 15.9 Å². The van der Waals surface area contributed by atoms with Gasteiger partial charge in [0.2, 0.25) is 5.82 Å². The van der Waals surface area contributed by atoms with E-state index in [4.69, 9.17) is 11.6 Å². The summed E-state index contributed by atoms with van der Waals surface area (Å²) in [5.74, 6) is -3.72. The summed E-state index contributed by atoms with van der Waals surface area (Å²) in [4.78, 5) is 20.1. The van der Waals surface area contributed by atoms with Crippen LogP contribution in [0.1, 0.15) is 5.56 Å². The van der Waals surface area contributed by atoms with Gasteiger partial charge in [-0.2, -0.15) is 17.6 Å². The summed E-state index contributed by atoms with van der Waals surface area (Å²) in [5, 5.41) is 11.6. The van der Waals surface area contributed by atoms with Gasteiger partial charge >= 0.3 is 17.8 Å². The molecule has 0 radical (unpaired) electrons. The third-order valence-corrected chi connectivity index (χ3v) is 3.39. The molecule has 0 aliphatic heterocycles. The van der Waals surface area contributed by atoms with E-state index in [1.165, 1.54) is 5.32 Å². The molecule has 20 heavy (non-hydrogen) atoms. The number of amides is 1. The van der Waals surface area contributed by atoms with Crippen LogP contribution in [-0.4, -0.2) is 17.0 Å². The number of carbonyl (C=O) groups excluding carboxylic acids is 1. The highest BCUT2D eigenvalue weighted by atomic mass is 79.9. The number of nitrogens with one attached hydrogen (secondary N) is 1. The van der Waals surface area contributed by atoms with Gasteiger partial charge in [-0.1, -0.05) is 11.6 Å². The maximum atomic E-state index is 13.7. The molecule has 0 bridgehead atoms. The molecule has 110 valence electrons. The molecule has 0 fully saturated rings. The molecule has 0 aliphatic rings. The molecule has 0 saturated heterocycles. The smallest absolute Gasteiger partial charge is 0.344 e. The number of nitrogens with zero attached hydrogens (tertiary/aromatic N) is 1. The van der Waals surface area contributed by atoms with E-state index in [9.17, 15) is 32.5 Å². The van der Waals surface area contributed by atoms with Gasteiger partial charge in [0.25, 0.3) is 0 Å². The van der Waals surface area contributed by atoms with Crippen LogP contribution in [0.15, 0.2) is 10.5 Å². The molecule has 1 aromatic rings. The van der Waals surface area contributed by atoms with Crippen molar-refractivity contribution in [3.8, 4) is 0 Å². The zero-order valence-corrected chi connectivity index (χ0v) is 11.6. The molecule has 0 heterocycles. The van der Waals surface area contributed by atoms with Crippen molar-refractivity contribution >= 4 is 39.1 Å². The molecule has 1 N–H and O–H groups in total. The van der Waals surface area contributed by atoms with Crippen LogP contribution in [0, 0.1) is 15.9 Å². The van der Waals surface area contributed by atoms with E-state index in [1.807, 2.05) is 0 Å². The van der Waals surface area contributed by atoms with Crippen LogP contribution in [-0.2, 0) is 11.3 Å². The monoisotopic (exact) mass is 378 g/mol. The lowest BCUT2D eigenvalue weighted by atomic mass is 10.2. The summed E-state index contributed by atoms with van der Waals surface area (Å²) in [7, 11) is 0. The predicted octanol–water partition coefficient (Wildman–Crippen LogP) is 3.33. The predicted molar refractivity (Wildman–Crippen MR) is 63.7 cm³/mol. The van der Waals surface area contributed by atoms with E-state index in [2.05, 4.69) is 15.9 Å². The number of halogens is 6. The number of nitro groups is 1. The summed E-state index contributed by atoms with van der Waals surface area (Å²) >= 11 is 8.44. The lowest BCUT2D eigenvalue weighted by molar-refractivity contribution is -0.387. The highest BCUT2D eigenvalue weighted by Crippen LogP contribution is 2.34. The molecule has 11 heteroatoms. The molecule has 5 nitrogen and oxygen atoms in total. The maximum Gasteiger partial charge on any atom is 0.471 e. The van der Waals surface area contributed by atoms with Crippen molar-refractivity contribution in [1.29, 1.82) is 0 Å². The fourth-order valence-electron chi connectivity index (χ4n) is 1.20. The Kier molecular flexibility index (Phi) is 4.92. The molecule has 0 unspecified atom stereocenters. The van der Waals surface area contributed by atoms with Gasteiger partial charge in [0.05, 0.1) is 9.95 Å². The van der Waals surface area contributed by atoms with E-state index >= 15 is 0 Å². The lowest BCUT2D eigenvalue weighted by Crippen LogP contribution is -2.36. The van der Waals surface area contributed by atoms with E-state index in [0.29, 0.717) is 0 Å². The lowest BCUT2D eigenvalue weighted by Gasteiger charge is -2.11. The Morgan fingerprint density at radius 2 is 2.05 bits per heavy atom. The van der Waals surface area contributed by atoms with E-state index in [0.717, 1.165) is 6.07 Å². The molecule has 0 aromatic heterocycles. The first kappa shape index (κ1) is 16.6. The average molecular weight is 379 g/mol. The van der Waals surface area contributed by atoms with Gasteiger partial charge in [-0.15, -0.1) is 0 Å². The standard InChI is InChI=1S/C9H4BrClF4N2O3/c10-4-1-5(17(19)20)7(12)3(6(4)11)2-16-8(18)9(13,14)15/h1H,2H2,(H,16,18). The maximum absolute atomic E-state index is 13.7. The van der Waals surface area contributed by atoms with Crippen molar-refractivity contribution in [1.82, 2.24) is 5.32 Å². The average Bonchev–Trinajstić information content (AvgIpc) is 2.31. The minimum absolute atomic E-state index is 0.0801. The quantitative estimate of drug-likeness (QED) is 0.379. The third kappa shape index (κ3) is 3.57. The number of rotatable bonds is 3. The zero-order chi connectivity index (χ0) is 15.7. The summed E-state index contributed by atoms with van der Waals surface area (Å²) in [6, 6.07) is 0.771. The number of alkyl halides is 3. The van der Waals surface area contributed by atoms with Crippen LogP contribution in [0.3, 0.4) is 0 Å². The second-order valence-corrected chi connectivity index (χ2v) is 4.65. The van der Waals surface area contributed by atoms with E-state index in [1.54, 1.807) is 0 Å². The number of carbonyl (C=O) groups is 1. The Balaban J connectivity index is 3.12. The first-order valence-corrected chi connectivity index (χ1v) is 5.88. The highest BCUT2D eigenvalue weighted by molar-refractivity contribution is 9.10. The fourth-order valence-corrected chi connectivity index (χ4v) is 1.86. The Hall–Kier alpha value is -1.42. The van der Waals surface area contributed by atoms with Gasteiger partial charge in [0.1, 0.15) is 0 Å². The van der Waals surface area contributed by atoms with Gasteiger partial charge in [0.15, 0.2) is 0 Å². The zero-order valence-electron chi connectivity index (χ0n) is 9.22. The van der Waals surface area contributed by atoms with Gasteiger partial charge in [-0.25, -0.2) is 0 Å². The van der Waals surface area contributed by atoms with Crippen molar-refractivity contribution in [3.63, 3.8) is 0 Å². The highest BCUT2D eigenvalue weighted by Gasteiger charge is 2.38. The summed E-state index contributed by atoms with van der Waals surface area (Å²) in [6.07, 6.45) is -5.15. The van der Waals surface area contributed by atoms with Gasteiger partial charge in [-0.3, -0.25) is 14.9 Å². The minimum Gasteiger partial charge on any atom is -0.344 e. The summed E-state index contributed by atoms with van der Waals surface area (Å²) in [5.41, 5.74) is -1.59. The Bertz CT molecular complexity index is 579. The molecule has 0 aliphatic carbocycles. The van der Waals surface area contributed by atoms with Crippen LogP contribution in [0.2, 0.25) is 5.02 Å². The van der Waals surface area contributed by atoms with Crippen molar-refractivity contribution < 1.29 is 27.3 Å². The van der Waals surface area contributed by atoms with Gasteiger partial charge < -0.3 is 5.32 Å². The molecule has 1 rings (SSSR count). The van der Waals surface area contributed by atoms with Crippen LogP contribution in [0.5, 0.6) is 0 Å². The summed E-state index contributed by atoms with van der Waals surface area (Å²) in [6.45, 7) is -0.941. The topological polar surface area (TPSA) is 72.2 Å². The van der Waals surface area contributed by atoms with Gasteiger partial charge in [0, 0.05) is 22.6 Å². The second-order valence-electron chi connectivity index (χ2n) is 3.42. The molecule has 0 spiro atoms. The van der Waals surface area contributed by atoms with Crippen molar-refractivity contribution in [3.05, 3.63) is 37.1 Å². The number of hydrogen-bond acceptors (Lipinski definition) is 3. The Morgan fingerprint density at radius 3 is 2.50 bits per heavy atom. The largest absolute Gasteiger partial charge is 0.471 e. The second kappa shape index (κ2) is 5.92. The molecule has 1 amide bonds. The Morgan fingerprint density at radius 1 is 1.50 bits per heavy atom. The van der Waals surface area contributed by atoms with Crippen LogP contribution >= 0.6 is 27.5 Å². The first-order valence-electron chi connectivity index (χ1n) is 4.71. The Labute approximate surface area is 122 Å². The SMILES string of the molecule is O=C(NCc1c(F)c([N+](=O)[O-])cc(Br)c1Cl)C(F)(F)F. The molecular weight excluding hydrogens is 375 g/mol. The number of nitro benzene ring substituents is 1. The van der Waals surface area contributed by atoms with Crippen LogP contribution in [0.25, 0.3) is 0 Å². The number of benzene rings is 1. The normalized spacial score (nSPS) is 11.3.